The largest absolute Gasteiger partial charge is 0.388 e. The van der Waals surface area contributed by atoms with Crippen LogP contribution in [0.4, 0.5) is 0 Å². The average Bonchev–Trinajstić information content (AvgIpc) is 3.23. The molecule has 0 aliphatic carbocycles. The second-order valence-electron chi connectivity index (χ2n) is 8.33. The molecule has 0 radical (unpaired) electrons. The molecule has 32 heavy (non-hydrogen) atoms. The molecule has 1 N–H and O–H groups in total. The van der Waals surface area contributed by atoms with E-state index >= 15 is 0 Å². The monoisotopic (exact) mass is 432 g/mol. The summed E-state index contributed by atoms with van der Waals surface area (Å²) >= 11 is 0. The molecule has 0 unspecified atom stereocenters. The summed E-state index contributed by atoms with van der Waals surface area (Å²) in [6.07, 6.45) is -2.32. The Hall–Kier alpha value is -2.54. The molecule has 2 aliphatic rings. The molecule has 3 aromatic rings. The smallest absolute Gasteiger partial charge is 0.117 e. The van der Waals surface area contributed by atoms with Crippen molar-refractivity contribution in [2.75, 3.05) is 6.61 Å². The van der Waals surface area contributed by atoms with Crippen LogP contribution in [0.3, 0.4) is 0 Å². The van der Waals surface area contributed by atoms with E-state index < -0.39 is 18.3 Å². The zero-order valence-corrected chi connectivity index (χ0v) is 17.9. The Bertz CT molecular complexity index is 993. The van der Waals surface area contributed by atoms with Crippen LogP contribution in [0.15, 0.2) is 84.9 Å². The molecule has 0 amide bonds. The quantitative estimate of drug-likeness (QED) is 0.579. The normalized spacial score (nSPS) is 25.2. The molecule has 1 saturated heterocycles. The molecule has 1 fully saturated rings. The summed E-state index contributed by atoms with van der Waals surface area (Å²) in [7, 11) is 0. The maximum Gasteiger partial charge on any atom is 0.117 e. The summed E-state index contributed by atoms with van der Waals surface area (Å²) in [5.74, 6) is 0. The van der Waals surface area contributed by atoms with Crippen LogP contribution < -0.4 is 0 Å². The zero-order chi connectivity index (χ0) is 21.8. The summed E-state index contributed by atoms with van der Waals surface area (Å²) in [6.45, 7) is 1.54. The number of ether oxygens (including phenoxy) is 4. The highest BCUT2D eigenvalue weighted by molar-refractivity contribution is 5.32. The van der Waals surface area contributed by atoms with Crippen molar-refractivity contribution >= 4 is 0 Å². The van der Waals surface area contributed by atoms with E-state index in [-0.39, 0.29) is 18.8 Å². The van der Waals surface area contributed by atoms with E-state index in [0.29, 0.717) is 19.8 Å². The van der Waals surface area contributed by atoms with Gasteiger partial charge in [0.25, 0.3) is 0 Å². The van der Waals surface area contributed by atoms with Crippen molar-refractivity contribution in [3.8, 4) is 0 Å². The molecule has 2 heterocycles. The van der Waals surface area contributed by atoms with E-state index in [1.54, 1.807) is 0 Å². The van der Waals surface area contributed by atoms with Gasteiger partial charge in [0.2, 0.25) is 0 Å². The first-order valence-corrected chi connectivity index (χ1v) is 11.1. The van der Waals surface area contributed by atoms with E-state index in [1.165, 1.54) is 0 Å². The van der Waals surface area contributed by atoms with Gasteiger partial charge in [-0.2, -0.15) is 0 Å². The van der Waals surface area contributed by atoms with E-state index in [9.17, 15) is 5.11 Å². The van der Waals surface area contributed by atoms with Crippen LogP contribution in [0, 0.1) is 0 Å². The van der Waals surface area contributed by atoms with Crippen LogP contribution in [0.2, 0.25) is 0 Å². The van der Waals surface area contributed by atoms with Crippen LogP contribution in [0.5, 0.6) is 0 Å². The topological polar surface area (TPSA) is 57.2 Å². The highest BCUT2D eigenvalue weighted by atomic mass is 16.6. The van der Waals surface area contributed by atoms with Gasteiger partial charge in [0.15, 0.2) is 0 Å². The van der Waals surface area contributed by atoms with Gasteiger partial charge >= 0.3 is 0 Å². The number of benzene rings is 3. The molecule has 0 aromatic heterocycles. The van der Waals surface area contributed by atoms with Crippen LogP contribution in [-0.4, -0.2) is 36.1 Å². The third-order valence-electron chi connectivity index (χ3n) is 6.11. The number of aliphatic hydroxyl groups is 1. The van der Waals surface area contributed by atoms with Gasteiger partial charge in [-0.1, -0.05) is 84.9 Å². The van der Waals surface area contributed by atoms with Crippen LogP contribution >= 0.6 is 0 Å². The van der Waals surface area contributed by atoms with Gasteiger partial charge in [0, 0.05) is 0 Å². The molecule has 3 aromatic carbocycles. The summed E-state index contributed by atoms with van der Waals surface area (Å²) in [6, 6.07) is 28.1. The van der Waals surface area contributed by atoms with Gasteiger partial charge in [-0.15, -0.1) is 0 Å². The highest BCUT2D eigenvalue weighted by Crippen LogP contribution is 2.43. The predicted octanol–water partition coefficient (Wildman–Crippen LogP) is 4.19. The van der Waals surface area contributed by atoms with Crippen molar-refractivity contribution in [2.24, 2.45) is 0 Å². The maximum atomic E-state index is 11.0. The van der Waals surface area contributed by atoms with Crippen LogP contribution in [0.25, 0.3) is 0 Å². The summed E-state index contributed by atoms with van der Waals surface area (Å²) in [5.41, 5.74) is 4.36. The first kappa shape index (κ1) is 21.3. The molecule has 5 atom stereocenters. The van der Waals surface area contributed by atoms with Gasteiger partial charge in [-0.25, -0.2) is 0 Å². The SMILES string of the molecule is O[C@H](COCc1ccccc1)[C@@H]1O[C@@H]2c3ccccc3CO[C@@H]2[C@H]1OCc1ccccc1. The Balaban J connectivity index is 1.30. The number of hydrogen-bond acceptors (Lipinski definition) is 5. The van der Waals surface area contributed by atoms with E-state index in [0.717, 1.165) is 22.3 Å². The molecule has 5 nitrogen and oxygen atoms in total. The Kier molecular flexibility index (Phi) is 6.62. The Morgan fingerprint density at radius 2 is 1.50 bits per heavy atom. The van der Waals surface area contributed by atoms with Gasteiger partial charge in [0.05, 0.1) is 26.4 Å². The number of rotatable bonds is 8. The number of hydrogen-bond donors (Lipinski definition) is 1. The molecule has 5 heteroatoms. The molecular formula is C27H28O5. The van der Waals surface area contributed by atoms with Crippen molar-refractivity contribution in [3.05, 3.63) is 107 Å². The summed E-state index contributed by atoms with van der Waals surface area (Å²) in [5, 5.41) is 11.0. The van der Waals surface area contributed by atoms with Crippen molar-refractivity contribution in [3.63, 3.8) is 0 Å². The van der Waals surface area contributed by atoms with Crippen molar-refractivity contribution in [1.82, 2.24) is 0 Å². The van der Waals surface area contributed by atoms with E-state index in [2.05, 4.69) is 12.1 Å². The van der Waals surface area contributed by atoms with E-state index in [4.69, 9.17) is 18.9 Å². The number of aliphatic hydroxyl groups excluding tert-OH is 1. The number of fused-ring (bicyclic) bond motifs is 3. The van der Waals surface area contributed by atoms with Crippen LogP contribution in [0.1, 0.15) is 28.4 Å². The third kappa shape index (κ3) is 4.63. The minimum atomic E-state index is -0.833. The molecule has 166 valence electrons. The standard InChI is InChI=1S/C27H28O5/c28-23(18-29-15-19-9-3-1-4-10-19)25-27(30-16-20-11-5-2-6-12-20)26-24(32-25)22-14-8-7-13-21(22)17-31-26/h1-14,23-28H,15-18H2/t23-,24-,25+,26+,27+/m1/s1. The Morgan fingerprint density at radius 3 is 2.25 bits per heavy atom. The lowest BCUT2D eigenvalue weighted by Crippen LogP contribution is -2.43. The van der Waals surface area contributed by atoms with Gasteiger partial charge < -0.3 is 24.1 Å². The lowest BCUT2D eigenvalue weighted by atomic mass is 9.94. The predicted molar refractivity (Wildman–Crippen MR) is 120 cm³/mol. The lowest BCUT2D eigenvalue weighted by molar-refractivity contribution is -0.115. The second kappa shape index (κ2) is 9.94. The summed E-state index contributed by atoms with van der Waals surface area (Å²) in [4.78, 5) is 0. The molecule has 5 rings (SSSR count). The van der Waals surface area contributed by atoms with Gasteiger partial charge in [-0.05, 0) is 22.3 Å². The summed E-state index contributed by atoms with van der Waals surface area (Å²) < 4.78 is 24.7. The lowest BCUT2D eigenvalue weighted by Gasteiger charge is -2.30. The van der Waals surface area contributed by atoms with Crippen molar-refractivity contribution in [2.45, 2.75) is 50.3 Å². The minimum Gasteiger partial charge on any atom is -0.388 e. The fourth-order valence-corrected chi connectivity index (χ4v) is 4.48. The Labute approximate surface area is 188 Å². The first-order chi connectivity index (χ1) is 15.8. The van der Waals surface area contributed by atoms with Crippen molar-refractivity contribution in [1.29, 1.82) is 0 Å². The fraction of sp³-hybridized carbons (Fsp3) is 0.333. The fourth-order valence-electron chi connectivity index (χ4n) is 4.48. The third-order valence-corrected chi connectivity index (χ3v) is 6.11. The molecular weight excluding hydrogens is 404 g/mol. The minimum absolute atomic E-state index is 0.159. The molecule has 0 bridgehead atoms. The molecule has 0 spiro atoms. The zero-order valence-electron chi connectivity index (χ0n) is 17.9. The van der Waals surface area contributed by atoms with E-state index in [1.807, 2.05) is 72.8 Å². The van der Waals surface area contributed by atoms with Gasteiger partial charge in [0.1, 0.15) is 30.5 Å². The maximum absolute atomic E-state index is 11.0. The van der Waals surface area contributed by atoms with Gasteiger partial charge in [-0.3, -0.25) is 0 Å². The van der Waals surface area contributed by atoms with Crippen molar-refractivity contribution < 1.29 is 24.1 Å². The van der Waals surface area contributed by atoms with Crippen LogP contribution in [-0.2, 0) is 38.8 Å². The average molecular weight is 433 g/mol. The second-order valence-corrected chi connectivity index (χ2v) is 8.33. The molecule has 2 aliphatic heterocycles. The highest BCUT2D eigenvalue weighted by Gasteiger charge is 2.51. The molecule has 0 saturated carbocycles. The Morgan fingerprint density at radius 1 is 0.844 bits per heavy atom. The first-order valence-electron chi connectivity index (χ1n) is 11.1.